The van der Waals surface area contributed by atoms with Gasteiger partial charge in [0.25, 0.3) is 0 Å². The van der Waals surface area contributed by atoms with Crippen molar-refractivity contribution in [3.05, 3.63) is 5.28 Å². The monoisotopic (exact) mass is 313 g/mol. The van der Waals surface area contributed by atoms with Crippen LogP contribution in [0.15, 0.2) is 0 Å². The van der Waals surface area contributed by atoms with Crippen LogP contribution >= 0.6 is 11.6 Å². The second kappa shape index (κ2) is 6.75. The highest BCUT2D eigenvalue weighted by Gasteiger charge is 2.23. The molecule has 0 radical (unpaired) electrons. The van der Waals surface area contributed by atoms with Crippen LogP contribution in [-0.4, -0.2) is 47.8 Å². The summed E-state index contributed by atoms with van der Waals surface area (Å²) in [5.41, 5.74) is 0.151. The van der Waals surface area contributed by atoms with Crippen LogP contribution in [0.25, 0.3) is 0 Å². The minimum atomic E-state index is 0.151. The number of nitrogens with one attached hydrogen (secondary N) is 1. The third kappa shape index (κ3) is 4.41. The lowest BCUT2D eigenvalue weighted by molar-refractivity contribution is 0.122. The van der Waals surface area contributed by atoms with Gasteiger partial charge in [0.15, 0.2) is 0 Å². The highest BCUT2D eigenvalue weighted by Crippen LogP contribution is 2.26. The fourth-order valence-electron chi connectivity index (χ4n) is 1.83. The minimum absolute atomic E-state index is 0.151. The lowest BCUT2D eigenvalue weighted by atomic mass is 9.81. The summed E-state index contributed by atoms with van der Waals surface area (Å²) in [4.78, 5) is 14.9. The van der Waals surface area contributed by atoms with Crippen molar-refractivity contribution in [2.24, 2.45) is 11.3 Å². The van der Waals surface area contributed by atoms with Gasteiger partial charge in [0, 0.05) is 19.6 Å². The first-order chi connectivity index (χ1) is 9.88. The lowest BCUT2D eigenvalue weighted by Crippen LogP contribution is -2.37. The Morgan fingerprint density at radius 1 is 1.24 bits per heavy atom. The summed E-state index contributed by atoms with van der Waals surface area (Å²) in [5, 5.41) is 3.50. The molecule has 0 bridgehead atoms. The molecule has 1 N–H and O–H groups in total. The Morgan fingerprint density at radius 2 is 1.90 bits per heavy atom. The lowest BCUT2D eigenvalue weighted by Gasteiger charge is -2.30. The summed E-state index contributed by atoms with van der Waals surface area (Å²) in [6.07, 6.45) is 0. The van der Waals surface area contributed by atoms with Crippen LogP contribution in [0, 0.1) is 11.3 Å². The number of anilines is 2. The predicted molar refractivity (Wildman–Crippen MR) is 85.0 cm³/mol. The molecule has 1 aliphatic heterocycles. The van der Waals surface area contributed by atoms with Gasteiger partial charge in [0.1, 0.15) is 0 Å². The summed E-state index contributed by atoms with van der Waals surface area (Å²) >= 11 is 6.02. The molecule has 2 rings (SSSR count). The summed E-state index contributed by atoms with van der Waals surface area (Å²) in [6, 6.07) is 0. The highest BCUT2D eigenvalue weighted by atomic mass is 35.5. The molecule has 1 aromatic rings. The van der Waals surface area contributed by atoms with Crippen LogP contribution in [-0.2, 0) is 4.74 Å². The molecule has 7 heteroatoms. The van der Waals surface area contributed by atoms with Gasteiger partial charge in [-0.1, -0.05) is 27.7 Å². The number of morpholine rings is 1. The molecule has 1 saturated heterocycles. The van der Waals surface area contributed by atoms with Gasteiger partial charge in [-0.2, -0.15) is 15.0 Å². The van der Waals surface area contributed by atoms with E-state index in [2.05, 4.69) is 52.9 Å². The van der Waals surface area contributed by atoms with Crippen molar-refractivity contribution in [1.29, 1.82) is 0 Å². The normalized spacial score (nSPS) is 16.4. The Hall–Kier alpha value is -1.14. The Kier molecular flexibility index (Phi) is 5.22. The quantitative estimate of drug-likeness (QED) is 0.901. The van der Waals surface area contributed by atoms with Gasteiger partial charge in [0.05, 0.1) is 13.2 Å². The average Bonchev–Trinajstić information content (AvgIpc) is 2.45. The Labute approximate surface area is 131 Å². The maximum Gasteiger partial charge on any atom is 0.231 e. The van der Waals surface area contributed by atoms with E-state index in [1.807, 2.05) is 0 Å². The van der Waals surface area contributed by atoms with E-state index in [1.54, 1.807) is 0 Å². The molecule has 6 nitrogen and oxygen atoms in total. The molecule has 1 fully saturated rings. The number of aromatic nitrogens is 3. The molecule has 2 heterocycles. The molecule has 21 heavy (non-hydrogen) atoms. The molecule has 0 aliphatic carbocycles. The second-order valence-electron chi connectivity index (χ2n) is 6.32. The van der Waals surface area contributed by atoms with E-state index in [0.29, 0.717) is 31.0 Å². The van der Waals surface area contributed by atoms with E-state index in [4.69, 9.17) is 16.3 Å². The number of hydrogen-bond donors (Lipinski definition) is 1. The minimum Gasteiger partial charge on any atom is -0.378 e. The zero-order valence-corrected chi connectivity index (χ0v) is 13.9. The molecule has 0 saturated carbocycles. The van der Waals surface area contributed by atoms with E-state index in [1.165, 1.54) is 0 Å². The van der Waals surface area contributed by atoms with Crippen molar-refractivity contribution in [2.75, 3.05) is 43.1 Å². The molecule has 118 valence electrons. The molecule has 0 atom stereocenters. The van der Waals surface area contributed by atoms with Crippen molar-refractivity contribution < 1.29 is 4.74 Å². The van der Waals surface area contributed by atoms with Crippen LogP contribution in [0.2, 0.25) is 5.28 Å². The molecular weight excluding hydrogens is 290 g/mol. The van der Waals surface area contributed by atoms with Crippen molar-refractivity contribution in [1.82, 2.24) is 15.0 Å². The van der Waals surface area contributed by atoms with Gasteiger partial charge in [-0.05, 0) is 22.9 Å². The Morgan fingerprint density at radius 3 is 2.52 bits per heavy atom. The molecule has 0 spiro atoms. The summed E-state index contributed by atoms with van der Waals surface area (Å²) in [7, 11) is 0. The van der Waals surface area contributed by atoms with Crippen LogP contribution < -0.4 is 10.2 Å². The van der Waals surface area contributed by atoms with Crippen LogP contribution in [0.4, 0.5) is 11.9 Å². The van der Waals surface area contributed by atoms with E-state index >= 15 is 0 Å². The molecule has 1 aliphatic rings. The molecule has 1 aromatic heterocycles. The maximum absolute atomic E-state index is 6.02. The van der Waals surface area contributed by atoms with Gasteiger partial charge >= 0.3 is 0 Å². The van der Waals surface area contributed by atoms with Gasteiger partial charge < -0.3 is 15.0 Å². The average molecular weight is 314 g/mol. The number of hydrogen-bond acceptors (Lipinski definition) is 6. The molecular formula is C14H24ClN5O. The predicted octanol–water partition coefficient (Wildman–Crippen LogP) is 2.46. The fraction of sp³-hybridized carbons (Fsp3) is 0.786. The van der Waals surface area contributed by atoms with E-state index in [9.17, 15) is 0 Å². The van der Waals surface area contributed by atoms with Gasteiger partial charge in [-0.15, -0.1) is 0 Å². The largest absolute Gasteiger partial charge is 0.378 e. The zero-order chi connectivity index (χ0) is 15.5. The molecule has 0 amide bonds. The van der Waals surface area contributed by atoms with Gasteiger partial charge in [0.2, 0.25) is 17.2 Å². The smallest absolute Gasteiger partial charge is 0.231 e. The van der Waals surface area contributed by atoms with Crippen LogP contribution in [0.3, 0.4) is 0 Å². The van der Waals surface area contributed by atoms with Gasteiger partial charge in [-0.3, -0.25) is 0 Å². The van der Waals surface area contributed by atoms with Crippen molar-refractivity contribution in [3.63, 3.8) is 0 Å². The Bertz CT molecular complexity index is 474. The van der Waals surface area contributed by atoms with Crippen LogP contribution in [0.5, 0.6) is 0 Å². The number of nitrogens with zero attached hydrogens (tertiary/aromatic N) is 4. The molecule has 0 aromatic carbocycles. The van der Waals surface area contributed by atoms with Crippen molar-refractivity contribution >= 4 is 23.5 Å². The zero-order valence-electron chi connectivity index (χ0n) is 13.2. The maximum atomic E-state index is 6.02. The van der Waals surface area contributed by atoms with E-state index in [-0.39, 0.29) is 10.7 Å². The third-order valence-electron chi connectivity index (χ3n) is 4.16. The van der Waals surface area contributed by atoms with Crippen molar-refractivity contribution in [2.45, 2.75) is 27.7 Å². The van der Waals surface area contributed by atoms with Gasteiger partial charge in [-0.25, -0.2) is 0 Å². The highest BCUT2D eigenvalue weighted by molar-refractivity contribution is 6.28. The van der Waals surface area contributed by atoms with E-state index in [0.717, 1.165) is 19.6 Å². The van der Waals surface area contributed by atoms with E-state index < -0.39 is 0 Å². The van der Waals surface area contributed by atoms with Crippen LogP contribution in [0.1, 0.15) is 27.7 Å². The standard InChI is InChI=1S/C14H24ClN5O/c1-10(2)14(3,4)9-16-12-17-11(15)18-13(19-12)20-5-7-21-8-6-20/h10H,5-9H2,1-4H3,(H,16,17,18,19). The Balaban J connectivity index is 2.08. The first kappa shape index (κ1) is 16.2. The summed E-state index contributed by atoms with van der Waals surface area (Å²) < 4.78 is 5.34. The SMILES string of the molecule is CC(C)C(C)(C)CNc1nc(Cl)nc(N2CCOCC2)n1. The molecule has 0 unspecified atom stereocenters. The fourth-order valence-corrected chi connectivity index (χ4v) is 1.99. The number of ether oxygens (including phenoxy) is 1. The summed E-state index contributed by atoms with van der Waals surface area (Å²) in [6.45, 7) is 12.6. The first-order valence-electron chi connectivity index (χ1n) is 7.36. The van der Waals surface area contributed by atoms with Crippen molar-refractivity contribution in [3.8, 4) is 0 Å². The first-order valence-corrected chi connectivity index (χ1v) is 7.74. The topological polar surface area (TPSA) is 63.2 Å². The third-order valence-corrected chi connectivity index (χ3v) is 4.32. The number of halogens is 1. The summed E-state index contributed by atoms with van der Waals surface area (Å²) in [5.74, 6) is 1.70. The second-order valence-corrected chi connectivity index (χ2v) is 6.66. The number of rotatable bonds is 5.